The Hall–Kier alpha value is -1.91. The normalized spacial score (nSPS) is 17.6. The zero-order chi connectivity index (χ0) is 20.1. The number of aliphatic imine (C=N–C) groups is 1. The van der Waals surface area contributed by atoms with Gasteiger partial charge in [-0.1, -0.05) is 30.3 Å². The van der Waals surface area contributed by atoms with E-state index in [1.54, 1.807) is 0 Å². The van der Waals surface area contributed by atoms with Crippen LogP contribution in [0.3, 0.4) is 0 Å². The Balaban J connectivity index is 0.00000256. The summed E-state index contributed by atoms with van der Waals surface area (Å²) < 4.78 is 24.6. The van der Waals surface area contributed by atoms with E-state index in [2.05, 4.69) is 39.5 Å². The molecule has 1 saturated heterocycles. The average Bonchev–Trinajstić information content (AvgIpc) is 2.74. The van der Waals surface area contributed by atoms with E-state index in [4.69, 9.17) is 15.2 Å². The molecule has 1 fully saturated rings. The van der Waals surface area contributed by atoms with Gasteiger partial charge in [0.25, 0.3) is 0 Å². The van der Waals surface area contributed by atoms with Gasteiger partial charge in [-0.15, -0.1) is 24.0 Å². The summed E-state index contributed by atoms with van der Waals surface area (Å²) in [7, 11) is 0. The van der Waals surface area contributed by atoms with Crippen LogP contribution in [0.15, 0.2) is 47.5 Å². The van der Waals surface area contributed by atoms with Gasteiger partial charge in [0.05, 0.1) is 13.2 Å². The molecule has 3 N–H and O–H groups in total. The smallest absolute Gasteiger partial charge is 0.189 e. The average molecular weight is 526 g/mol. The highest BCUT2D eigenvalue weighted by Gasteiger charge is 2.20. The first-order valence-corrected chi connectivity index (χ1v) is 10.0. The third-order valence-corrected chi connectivity index (χ3v) is 5.36. The molecule has 8 heteroatoms. The molecule has 0 aromatic heterocycles. The first kappa shape index (κ1) is 22.8. The highest BCUT2D eigenvalue weighted by Crippen LogP contribution is 2.29. The molecule has 0 atom stereocenters. The van der Waals surface area contributed by atoms with Crippen molar-refractivity contribution in [1.82, 2.24) is 10.2 Å². The van der Waals surface area contributed by atoms with Crippen molar-refractivity contribution in [2.24, 2.45) is 10.7 Å². The molecule has 6 nitrogen and oxygen atoms in total. The molecule has 0 spiro atoms. The fourth-order valence-electron chi connectivity index (χ4n) is 3.88. The summed E-state index contributed by atoms with van der Waals surface area (Å²) in [5.41, 5.74) is 8.82. The molecular weight excluding hydrogens is 498 g/mol. The van der Waals surface area contributed by atoms with Gasteiger partial charge >= 0.3 is 0 Å². The van der Waals surface area contributed by atoms with E-state index in [9.17, 15) is 4.39 Å². The van der Waals surface area contributed by atoms with Crippen LogP contribution in [0.25, 0.3) is 0 Å². The summed E-state index contributed by atoms with van der Waals surface area (Å²) in [6.45, 7) is 3.80. The number of fused-ring (bicyclic) bond motifs is 1. The second-order valence-electron chi connectivity index (χ2n) is 7.55. The second kappa shape index (κ2) is 10.9. The van der Waals surface area contributed by atoms with Gasteiger partial charge in [0.2, 0.25) is 0 Å². The van der Waals surface area contributed by atoms with Gasteiger partial charge in [0, 0.05) is 36.8 Å². The topological polar surface area (TPSA) is 72.1 Å². The van der Waals surface area contributed by atoms with Crippen molar-refractivity contribution in [2.45, 2.75) is 38.6 Å². The number of rotatable bonds is 5. The number of nitrogens with one attached hydrogen (secondary N) is 1. The fourth-order valence-corrected chi connectivity index (χ4v) is 3.88. The predicted molar refractivity (Wildman–Crippen MR) is 125 cm³/mol. The van der Waals surface area contributed by atoms with Crippen LogP contribution in [0.4, 0.5) is 4.39 Å². The second-order valence-corrected chi connectivity index (χ2v) is 7.55. The summed E-state index contributed by atoms with van der Waals surface area (Å²) >= 11 is 0. The number of guanidine groups is 1. The van der Waals surface area contributed by atoms with E-state index in [1.165, 1.54) is 17.7 Å². The van der Waals surface area contributed by atoms with Crippen LogP contribution < -0.4 is 15.8 Å². The Morgan fingerprint density at radius 3 is 2.73 bits per heavy atom. The van der Waals surface area contributed by atoms with Crippen LogP contribution in [-0.4, -0.2) is 36.8 Å². The summed E-state index contributed by atoms with van der Waals surface area (Å²) in [4.78, 5) is 6.86. The molecule has 2 aliphatic heterocycles. The molecule has 4 rings (SSSR count). The Kier molecular flexibility index (Phi) is 8.29. The van der Waals surface area contributed by atoms with Crippen LogP contribution in [0.1, 0.15) is 29.5 Å². The number of halogens is 2. The standard InChI is InChI=1S/C22H27FN4O2.HI/c23-19-10-17(21-18(11-19)14-28-15-29-21)12-25-22(24)26-20-6-8-27(9-7-20)13-16-4-2-1-3-5-16;/h1-5,10-11,20H,6-9,12-15H2,(H3,24,25,26);1H. The molecule has 0 unspecified atom stereocenters. The minimum atomic E-state index is -0.319. The van der Waals surface area contributed by atoms with Gasteiger partial charge in [-0.2, -0.15) is 0 Å². The minimum Gasteiger partial charge on any atom is -0.467 e. The van der Waals surface area contributed by atoms with Crippen molar-refractivity contribution in [1.29, 1.82) is 0 Å². The van der Waals surface area contributed by atoms with E-state index >= 15 is 0 Å². The zero-order valence-electron chi connectivity index (χ0n) is 16.9. The predicted octanol–water partition coefficient (Wildman–Crippen LogP) is 3.38. The molecule has 2 heterocycles. The number of benzene rings is 2. The number of likely N-dealkylation sites (tertiary alicyclic amines) is 1. The lowest BCUT2D eigenvalue weighted by atomic mass is 10.0. The molecule has 0 radical (unpaired) electrons. The van der Waals surface area contributed by atoms with Gasteiger partial charge in [-0.3, -0.25) is 4.90 Å². The lowest BCUT2D eigenvalue weighted by molar-refractivity contribution is -0.0172. The number of nitrogens with zero attached hydrogens (tertiary/aromatic N) is 2. The number of piperidine rings is 1. The van der Waals surface area contributed by atoms with Crippen molar-refractivity contribution < 1.29 is 13.9 Å². The van der Waals surface area contributed by atoms with Crippen LogP contribution in [0.5, 0.6) is 5.75 Å². The lowest BCUT2D eigenvalue weighted by Gasteiger charge is -2.32. The summed E-state index contributed by atoms with van der Waals surface area (Å²) in [6.07, 6.45) is 2.03. The molecule has 0 amide bonds. The number of nitrogens with two attached hydrogens (primary N) is 1. The van der Waals surface area contributed by atoms with Gasteiger partial charge in [0.15, 0.2) is 12.8 Å². The molecule has 0 aliphatic carbocycles. The highest BCUT2D eigenvalue weighted by atomic mass is 127. The SMILES string of the molecule is I.NC(=NCc1cc(F)cc2c1OCOC2)NC1CCN(Cc2ccccc2)CC1. The molecule has 0 saturated carbocycles. The number of ether oxygens (including phenoxy) is 2. The largest absolute Gasteiger partial charge is 0.467 e. The number of hydrogen-bond donors (Lipinski definition) is 2. The van der Waals surface area contributed by atoms with E-state index < -0.39 is 0 Å². The Labute approximate surface area is 193 Å². The number of hydrogen-bond acceptors (Lipinski definition) is 4. The Morgan fingerprint density at radius 2 is 1.97 bits per heavy atom. The van der Waals surface area contributed by atoms with Gasteiger partial charge < -0.3 is 20.5 Å². The van der Waals surface area contributed by atoms with Crippen LogP contribution in [0.2, 0.25) is 0 Å². The third kappa shape index (κ3) is 6.05. The van der Waals surface area contributed by atoms with Gasteiger partial charge in [-0.05, 0) is 30.5 Å². The first-order chi connectivity index (χ1) is 14.2. The summed E-state index contributed by atoms with van der Waals surface area (Å²) in [5.74, 6) is 0.723. The molecule has 162 valence electrons. The van der Waals surface area contributed by atoms with Crippen LogP contribution in [-0.2, 0) is 24.4 Å². The maximum absolute atomic E-state index is 13.8. The minimum absolute atomic E-state index is 0. The van der Waals surface area contributed by atoms with E-state index in [-0.39, 0.29) is 43.1 Å². The molecule has 2 aromatic rings. The zero-order valence-corrected chi connectivity index (χ0v) is 19.2. The van der Waals surface area contributed by atoms with E-state index in [0.29, 0.717) is 35.5 Å². The molecule has 2 aromatic carbocycles. The van der Waals surface area contributed by atoms with Crippen molar-refractivity contribution >= 4 is 29.9 Å². The fraction of sp³-hybridized carbons (Fsp3) is 0.409. The van der Waals surface area contributed by atoms with Crippen LogP contribution >= 0.6 is 24.0 Å². The van der Waals surface area contributed by atoms with Crippen LogP contribution in [0, 0.1) is 5.82 Å². The third-order valence-electron chi connectivity index (χ3n) is 5.36. The summed E-state index contributed by atoms with van der Waals surface area (Å²) in [6, 6.07) is 13.7. The molecule has 30 heavy (non-hydrogen) atoms. The van der Waals surface area contributed by atoms with Gasteiger partial charge in [-0.25, -0.2) is 9.38 Å². The van der Waals surface area contributed by atoms with Crippen molar-refractivity contribution in [3.05, 3.63) is 65.0 Å². The molecule has 2 aliphatic rings. The molecule has 0 bridgehead atoms. The summed E-state index contributed by atoms with van der Waals surface area (Å²) in [5, 5.41) is 3.31. The highest BCUT2D eigenvalue weighted by molar-refractivity contribution is 14.0. The first-order valence-electron chi connectivity index (χ1n) is 10.0. The maximum atomic E-state index is 13.8. The van der Waals surface area contributed by atoms with E-state index in [1.807, 2.05) is 6.07 Å². The van der Waals surface area contributed by atoms with E-state index in [0.717, 1.165) is 32.5 Å². The van der Waals surface area contributed by atoms with Crippen molar-refractivity contribution in [2.75, 3.05) is 19.9 Å². The molecular formula is C22H28FIN4O2. The quantitative estimate of drug-likeness (QED) is 0.355. The van der Waals surface area contributed by atoms with Crippen molar-refractivity contribution in [3.8, 4) is 5.75 Å². The van der Waals surface area contributed by atoms with Gasteiger partial charge in [0.1, 0.15) is 11.6 Å². The Morgan fingerprint density at radius 1 is 1.20 bits per heavy atom. The lowest BCUT2D eigenvalue weighted by Crippen LogP contribution is -2.46. The van der Waals surface area contributed by atoms with Crippen molar-refractivity contribution in [3.63, 3.8) is 0 Å². The monoisotopic (exact) mass is 526 g/mol. The Bertz CT molecular complexity index is 858. The maximum Gasteiger partial charge on any atom is 0.189 e.